The molecule has 0 fully saturated rings. The highest BCUT2D eigenvalue weighted by molar-refractivity contribution is 7.92. The van der Waals surface area contributed by atoms with Crippen LogP contribution in [0.4, 0.5) is 10.1 Å². The average molecular weight is 414 g/mol. The number of aromatic nitrogens is 2. The smallest absolute Gasteiger partial charge is 0.270 e. The van der Waals surface area contributed by atoms with Crippen LogP contribution in [0.15, 0.2) is 36.4 Å². The topological polar surface area (TPSA) is 84.3 Å². The second-order valence-electron chi connectivity index (χ2n) is 6.27. The molecule has 0 unspecified atom stereocenters. The first-order valence-corrected chi connectivity index (χ1v) is 10.5. The lowest BCUT2D eigenvalue weighted by atomic mass is 10.1. The van der Waals surface area contributed by atoms with Crippen LogP contribution in [0, 0.1) is 18.2 Å². The van der Waals surface area contributed by atoms with E-state index in [1.54, 1.807) is 19.1 Å². The summed E-state index contributed by atoms with van der Waals surface area (Å²) in [6.45, 7) is 1.87. The van der Waals surface area contributed by atoms with Crippen LogP contribution in [0.25, 0.3) is 16.6 Å². The Labute approximate surface area is 168 Å². The Morgan fingerprint density at radius 2 is 1.97 bits per heavy atom. The molecule has 0 saturated heterocycles. The number of nitrogens with one attached hydrogen (secondary N) is 1. The summed E-state index contributed by atoms with van der Waals surface area (Å²) in [6, 6.07) is 8.61. The van der Waals surface area contributed by atoms with Gasteiger partial charge in [-0.2, -0.15) is 5.10 Å². The zero-order valence-corrected chi connectivity index (χ0v) is 16.9. The Hall–Kier alpha value is -3.38. The van der Waals surface area contributed by atoms with Crippen molar-refractivity contribution in [1.29, 1.82) is 0 Å². The summed E-state index contributed by atoms with van der Waals surface area (Å²) in [5.41, 5.74) is 1.68. The second kappa shape index (κ2) is 7.56. The quantitative estimate of drug-likeness (QED) is 0.650. The molecule has 0 aliphatic rings. The fourth-order valence-corrected chi connectivity index (χ4v) is 4.11. The molecule has 1 N–H and O–H groups in total. The number of hydrogen-bond acceptors (Lipinski definition) is 4. The molecule has 0 spiro atoms. The van der Waals surface area contributed by atoms with Gasteiger partial charge in [-0.3, -0.25) is 9.10 Å². The SMILES string of the molecule is C#Cc1cc2c(C(=O)NC)n(-c3ccc(F)cc3)nc2cc1N(CC)S(C)(=O)=O. The number of carbonyl (C=O) groups is 1. The van der Waals surface area contributed by atoms with E-state index in [0.717, 1.165) is 6.26 Å². The third-order valence-electron chi connectivity index (χ3n) is 4.41. The highest BCUT2D eigenvalue weighted by Crippen LogP contribution is 2.31. The van der Waals surface area contributed by atoms with E-state index in [4.69, 9.17) is 6.42 Å². The first-order chi connectivity index (χ1) is 13.7. The molecule has 0 saturated carbocycles. The molecule has 2 aromatic carbocycles. The largest absolute Gasteiger partial charge is 0.354 e. The minimum Gasteiger partial charge on any atom is -0.354 e. The third kappa shape index (κ3) is 3.67. The molecule has 3 rings (SSSR count). The highest BCUT2D eigenvalue weighted by Gasteiger charge is 2.24. The molecule has 1 aromatic heterocycles. The molecule has 1 amide bonds. The first-order valence-electron chi connectivity index (χ1n) is 8.70. The molecule has 1 heterocycles. The maximum Gasteiger partial charge on any atom is 0.270 e. The summed E-state index contributed by atoms with van der Waals surface area (Å²) in [5.74, 6) is 1.66. The molecule has 9 heteroatoms. The zero-order chi connectivity index (χ0) is 21.3. The summed E-state index contributed by atoms with van der Waals surface area (Å²) in [5, 5.41) is 7.47. The molecule has 150 valence electrons. The van der Waals surface area contributed by atoms with E-state index in [1.807, 2.05) is 0 Å². The maximum atomic E-state index is 13.3. The van der Waals surface area contributed by atoms with Gasteiger partial charge in [0.25, 0.3) is 5.91 Å². The van der Waals surface area contributed by atoms with Crippen molar-refractivity contribution in [3.05, 3.63) is 53.5 Å². The number of nitrogens with zero attached hydrogens (tertiary/aromatic N) is 3. The van der Waals surface area contributed by atoms with E-state index in [-0.39, 0.29) is 12.2 Å². The van der Waals surface area contributed by atoms with Gasteiger partial charge < -0.3 is 5.32 Å². The predicted octanol–water partition coefficient (Wildman–Crippen LogP) is 2.29. The Bertz CT molecular complexity index is 1240. The minimum absolute atomic E-state index is 0.181. The van der Waals surface area contributed by atoms with E-state index in [2.05, 4.69) is 16.3 Å². The standard InChI is InChI=1S/C20H19FN4O3S/c1-5-13-11-16-17(12-18(13)24(6-2)29(4,27)28)23-25(19(16)20(26)22-3)15-9-7-14(21)8-10-15/h1,7-12H,6H2,2-4H3,(H,22,26). The molecule has 0 aliphatic carbocycles. The number of benzene rings is 2. The number of halogens is 1. The molecule has 29 heavy (non-hydrogen) atoms. The van der Waals surface area contributed by atoms with Crippen molar-refractivity contribution >= 4 is 32.5 Å². The fourth-order valence-electron chi connectivity index (χ4n) is 3.13. The minimum atomic E-state index is -3.57. The van der Waals surface area contributed by atoms with Gasteiger partial charge in [0.05, 0.1) is 23.1 Å². The summed E-state index contributed by atoms with van der Waals surface area (Å²) in [4.78, 5) is 12.6. The summed E-state index contributed by atoms with van der Waals surface area (Å²) >= 11 is 0. The molecule has 3 aromatic rings. The Kier molecular flexibility index (Phi) is 5.31. The fraction of sp³-hybridized carbons (Fsp3) is 0.200. The number of terminal acetylenes is 1. The van der Waals surface area contributed by atoms with Crippen molar-refractivity contribution in [1.82, 2.24) is 15.1 Å². The van der Waals surface area contributed by atoms with Crippen LogP contribution in [0.5, 0.6) is 0 Å². The van der Waals surface area contributed by atoms with E-state index in [9.17, 15) is 17.6 Å². The number of carbonyl (C=O) groups excluding carboxylic acids is 1. The van der Waals surface area contributed by atoms with Crippen LogP contribution in [0.3, 0.4) is 0 Å². The summed E-state index contributed by atoms with van der Waals surface area (Å²) in [7, 11) is -2.09. The first kappa shape index (κ1) is 20.4. The van der Waals surface area contributed by atoms with Crippen LogP contribution >= 0.6 is 0 Å². The van der Waals surface area contributed by atoms with Gasteiger partial charge in [-0.05, 0) is 43.3 Å². The van der Waals surface area contributed by atoms with Gasteiger partial charge in [0.2, 0.25) is 10.0 Å². The lowest BCUT2D eigenvalue weighted by Crippen LogP contribution is -2.30. The van der Waals surface area contributed by atoms with Crippen LogP contribution in [0.2, 0.25) is 0 Å². The van der Waals surface area contributed by atoms with E-state index in [1.165, 1.54) is 40.3 Å². The van der Waals surface area contributed by atoms with Crippen molar-refractivity contribution in [2.75, 3.05) is 24.2 Å². The molecular weight excluding hydrogens is 395 g/mol. The van der Waals surface area contributed by atoms with Gasteiger partial charge in [-0.1, -0.05) is 5.92 Å². The third-order valence-corrected chi connectivity index (χ3v) is 5.67. The van der Waals surface area contributed by atoms with Gasteiger partial charge in [0.1, 0.15) is 11.5 Å². The summed E-state index contributed by atoms with van der Waals surface area (Å²) in [6.07, 6.45) is 6.72. The number of fused-ring (bicyclic) bond motifs is 1. The second-order valence-corrected chi connectivity index (χ2v) is 8.18. The Balaban J connectivity index is 2.36. The van der Waals surface area contributed by atoms with Gasteiger partial charge in [-0.15, -0.1) is 6.42 Å². The molecule has 7 nitrogen and oxygen atoms in total. The molecular formula is C20H19FN4O3S. The van der Waals surface area contributed by atoms with E-state index >= 15 is 0 Å². The molecule has 0 aliphatic heterocycles. The number of anilines is 1. The molecule has 0 atom stereocenters. The van der Waals surface area contributed by atoms with Crippen molar-refractivity contribution in [3.8, 4) is 18.0 Å². The zero-order valence-electron chi connectivity index (χ0n) is 16.1. The number of hydrogen-bond donors (Lipinski definition) is 1. The molecule has 0 bridgehead atoms. The Morgan fingerprint density at radius 1 is 1.31 bits per heavy atom. The van der Waals surface area contributed by atoms with E-state index in [0.29, 0.717) is 27.8 Å². The average Bonchev–Trinajstić information content (AvgIpc) is 3.05. The van der Waals surface area contributed by atoms with Gasteiger partial charge in [-0.25, -0.2) is 17.5 Å². The van der Waals surface area contributed by atoms with Crippen LogP contribution in [0.1, 0.15) is 23.0 Å². The molecule has 0 radical (unpaired) electrons. The number of sulfonamides is 1. The predicted molar refractivity (Wildman–Crippen MR) is 110 cm³/mol. The van der Waals surface area contributed by atoms with Crippen molar-refractivity contribution in [3.63, 3.8) is 0 Å². The van der Waals surface area contributed by atoms with Crippen molar-refractivity contribution in [2.45, 2.75) is 6.92 Å². The normalized spacial score (nSPS) is 11.3. The number of amides is 1. The number of rotatable bonds is 5. The maximum absolute atomic E-state index is 13.3. The van der Waals surface area contributed by atoms with Crippen LogP contribution < -0.4 is 9.62 Å². The Morgan fingerprint density at radius 3 is 2.48 bits per heavy atom. The lowest BCUT2D eigenvalue weighted by Gasteiger charge is -2.21. The van der Waals surface area contributed by atoms with Gasteiger partial charge in [0, 0.05) is 24.5 Å². The van der Waals surface area contributed by atoms with Crippen molar-refractivity contribution < 1.29 is 17.6 Å². The summed E-state index contributed by atoms with van der Waals surface area (Å²) < 4.78 is 40.2. The van der Waals surface area contributed by atoms with Gasteiger partial charge >= 0.3 is 0 Å². The van der Waals surface area contributed by atoms with Crippen molar-refractivity contribution in [2.24, 2.45) is 0 Å². The lowest BCUT2D eigenvalue weighted by molar-refractivity contribution is 0.0957. The van der Waals surface area contributed by atoms with Crippen LogP contribution in [-0.2, 0) is 10.0 Å². The van der Waals surface area contributed by atoms with Crippen LogP contribution in [-0.4, -0.2) is 44.0 Å². The monoisotopic (exact) mass is 414 g/mol. The van der Waals surface area contributed by atoms with Gasteiger partial charge in [0.15, 0.2) is 0 Å². The van der Waals surface area contributed by atoms with E-state index < -0.39 is 21.7 Å². The highest BCUT2D eigenvalue weighted by atomic mass is 32.2.